The molecule has 0 amide bonds. The van der Waals surface area contributed by atoms with Crippen LogP contribution in [0.25, 0.3) is 32.6 Å². The van der Waals surface area contributed by atoms with Crippen molar-refractivity contribution in [3.63, 3.8) is 0 Å². The number of nitrogens with zero attached hydrogens (tertiary/aromatic N) is 2. The third-order valence-electron chi connectivity index (χ3n) is 5.66. The zero-order valence-electron chi connectivity index (χ0n) is 15.8. The van der Waals surface area contributed by atoms with E-state index in [9.17, 15) is 0 Å². The molecular weight excluding hydrogens is 360 g/mol. The third kappa shape index (κ3) is 2.91. The maximum Gasteiger partial charge on any atom is 0.125 e. The van der Waals surface area contributed by atoms with Crippen LogP contribution in [-0.2, 0) is 12.8 Å². The van der Waals surface area contributed by atoms with Gasteiger partial charge in [-0.25, -0.2) is 4.98 Å². The molecule has 0 fully saturated rings. The fourth-order valence-corrected chi connectivity index (χ4v) is 5.56. The zero-order valence-corrected chi connectivity index (χ0v) is 16.6. The number of hydrogen-bond donors (Lipinski definition) is 0. The first kappa shape index (κ1) is 17.2. The minimum Gasteiger partial charge on any atom is -0.237 e. The van der Waals surface area contributed by atoms with Crippen LogP contribution in [0.5, 0.6) is 0 Å². The Morgan fingerprint density at radius 3 is 2.57 bits per heavy atom. The second kappa shape index (κ2) is 6.89. The summed E-state index contributed by atoms with van der Waals surface area (Å²) < 4.78 is 0. The number of aromatic nitrogens is 1. The van der Waals surface area contributed by atoms with Gasteiger partial charge in [-0.3, -0.25) is 0 Å². The van der Waals surface area contributed by atoms with Gasteiger partial charge in [0.25, 0.3) is 0 Å². The molecule has 5 rings (SSSR count). The molecular formula is C25H20N2S. The van der Waals surface area contributed by atoms with Crippen LogP contribution in [-0.4, -0.2) is 4.98 Å². The molecule has 0 spiro atoms. The Morgan fingerprint density at radius 2 is 1.82 bits per heavy atom. The van der Waals surface area contributed by atoms with E-state index in [-0.39, 0.29) is 0 Å². The Hall–Kier alpha value is -2.96. The van der Waals surface area contributed by atoms with E-state index >= 15 is 0 Å². The molecule has 2 nitrogen and oxygen atoms in total. The second-order valence-electron chi connectivity index (χ2n) is 7.64. The van der Waals surface area contributed by atoms with Crippen LogP contribution < -0.4 is 0 Å². The van der Waals surface area contributed by atoms with Crippen LogP contribution in [0.1, 0.15) is 29.3 Å². The SMILES string of the molecule is CC1CCc2c(sc3nc(-c4ccc(C#N)cc4)cc(-c4ccccc4)c23)C1. The Labute approximate surface area is 169 Å². The first-order chi connectivity index (χ1) is 13.7. The molecule has 4 aromatic rings. The molecule has 2 heterocycles. The average Bonchev–Trinajstić information content (AvgIpc) is 3.11. The number of nitriles is 1. The molecule has 0 aliphatic heterocycles. The number of rotatable bonds is 2. The number of pyridine rings is 1. The summed E-state index contributed by atoms with van der Waals surface area (Å²) in [4.78, 5) is 7.70. The molecule has 0 radical (unpaired) electrons. The van der Waals surface area contributed by atoms with Crippen molar-refractivity contribution in [2.45, 2.75) is 26.2 Å². The summed E-state index contributed by atoms with van der Waals surface area (Å²) in [6.45, 7) is 2.35. The highest BCUT2D eigenvalue weighted by atomic mass is 32.1. The van der Waals surface area contributed by atoms with Crippen LogP contribution >= 0.6 is 11.3 Å². The van der Waals surface area contributed by atoms with E-state index in [4.69, 9.17) is 10.2 Å². The number of thiophene rings is 1. The summed E-state index contributed by atoms with van der Waals surface area (Å²) in [7, 11) is 0. The second-order valence-corrected chi connectivity index (χ2v) is 8.73. The van der Waals surface area contributed by atoms with Crippen molar-refractivity contribution >= 4 is 21.6 Å². The molecule has 136 valence electrons. The van der Waals surface area contributed by atoms with Gasteiger partial charge in [-0.1, -0.05) is 49.4 Å². The lowest BCUT2D eigenvalue weighted by Crippen LogP contribution is -2.08. The topological polar surface area (TPSA) is 36.7 Å². The molecule has 1 unspecified atom stereocenters. The standard InChI is InChI=1S/C25H20N2S/c1-16-7-12-20-23(13-16)28-25-24(20)21(18-5-3-2-4-6-18)14-22(27-25)19-10-8-17(15-26)9-11-19/h2-6,8-11,14,16H,7,12-13H2,1H3. The van der Waals surface area contributed by atoms with Gasteiger partial charge < -0.3 is 0 Å². The number of hydrogen-bond acceptors (Lipinski definition) is 3. The fraction of sp³-hybridized carbons (Fsp3) is 0.200. The van der Waals surface area contributed by atoms with Gasteiger partial charge in [0, 0.05) is 15.8 Å². The van der Waals surface area contributed by atoms with Crippen molar-refractivity contribution in [1.82, 2.24) is 4.98 Å². The molecule has 3 heteroatoms. The zero-order chi connectivity index (χ0) is 19.1. The maximum atomic E-state index is 9.08. The lowest BCUT2D eigenvalue weighted by molar-refractivity contribution is 0.509. The monoisotopic (exact) mass is 380 g/mol. The van der Waals surface area contributed by atoms with Crippen LogP contribution in [0.3, 0.4) is 0 Å². The number of fused-ring (bicyclic) bond motifs is 3. The van der Waals surface area contributed by atoms with Gasteiger partial charge in [0.2, 0.25) is 0 Å². The highest BCUT2D eigenvalue weighted by Gasteiger charge is 2.23. The first-order valence-corrected chi connectivity index (χ1v) is 10.6. The van der Waals surface area contributed by atoms with Gasteiger partial charge in [0.05, 0.1) is 17.3 Å². The van der Waals surface area contributed by atoms with Gasteiger partial charge in [0.1, 0.15) is 4.83 Å². The van der Waals surface area contributed by atoms with Crippen molar-refractivity contribution in [1.29, 1.82) is 5.26 Å². The van der Waals surface area contributed by atoms with Crippen molar-refractivity contribution in [2.75, 3.05) is 0 Å². The van der Waals surface area contributed by atoms with Gasteiger partial charge >= 0.3 is 0 Å². The van der Waals surface area contributed by atoms with Gasteiger partial charge in [0.15, 0.2) is 0 Å². The van der Waals surface area contributed by atoms with Crippen molar-refractivity contribution in [3.05, 3.63) is 76.7 Å². The Morgan fingerprint density at radius 1 is 1.04 bits per heavy atom. The molecule has 0 saturated heterocycles. The number of benzene rings is 2. The number of aryl methyl sites for hydroxylation is 1. The van der Waals surface area contributed by atoms with Crippen molar-refractivity contribution in [3.8, 4) is 28.5 Å². The summed E-state index contributed by atoms with van der Waals surface area (Å²) in [5.41, 5.74) is 6.73. The lowest BCUT2D eigenvalue weighted by Gasteiger charge is -2.18. The van der Waals surface area contributed by atoms with E-state index in [2.05, 4.69) is 49.4 Å². The molecule has 2 aromatic carbocycles. The molecule has 2 aromatic heterocycles. The van der Waals surface area contributed by atoms with E-state index < -0.39 is 0 Å². The van der Waals surface area contributed by atoms with Crippen LogP contribution in [0.4, 0.5) is 0 Å². The largest absolute Gasteiger partial charge is 0.237 e. The lowest BCUT2D eigenvalue weighted by atomic mass is 9.87. The van der Waals surface area contributed by atoms with Gasteiger partial charge in [-0.2, -0.15) is 5.26 Å². The smallest absolute Gasteiger partial charge is 0.125 e. The highest BCUT2D eigenvalue weighted by molar-refractivity contribution is 7.19. The molecule has 1 aliphatic rings. The molecule has 0 N–H and O–H groups in total. The van der Waals surface area contributed by atoms with E-state index in [1.807, 2.05) is 35.6 Å². The molecule has 0 saturated carbocycles. The third-order valence-corrected chi connectivity index (χ3v) is 6.81. The van der Waals surface area contributed by atoms with E-state index in [1.54, 1.807) is 0 Å². The van der Waals surface area contributed by atoms with Crippen LogP contribution in [0.15, 0.2) is 60.7 Å². The summed E-state index contributed by atoms with van der Waals surface area (Å²) in [6, 6.07) is 22.8. The Bertz CT molecular complexity index is 1200. The predicted octanol–water partition coefficient (Wildman–Crippen LogP) is 6.63. The quantitative estimate of drug-likeness (QED) is 0.391. The fourth-order valence-electron chi connectivity index (χ4n) is 4.15. The van der Waals surface area contributed by atoms with E-state index in [0.29, 0.717) is 5.56 Å². The summed E-state index contributed by atoms with van der Waals surface area (Å²) in [6.07, 6.45) is 3.56. The summed E-state index contributed by atoms with van der Waals surface area (Å²) >= 11 is 1.87. The van der Waals surface area contributed by atoms with E-state index in [1.165, 1.54) is 33.4 Å². The Balaban J connectivity index is 1.76. The Kier molecular flexibility index (Phi) is 4.22. The summed E-state index contributed by atoms with van der Waals surface area (Å²) in [5, 5.41) is 10.4. The minimum absolute atomic E-state index is 0.675. The summed E-state index contributed by atoms with van der Waals surface area (Å²) in [5.74, 6) is 0.749. The van der Waals surface area contributed by atoms with Crippen molar-refractivity contribution in [2.24, 2.45) is 5.92 Å². The normalized spacial score (nSPS) is 15.9. The van der Waals surface area contributed by atoms with E-state index in [0.717, 1.165) is 34.8 Å². The van der Waals surface area contributed by atoms with Crippen molar-refractivity contribution < 1.29 is 0 Å². The van der Waals surface area contributed by atoms with Crippen LogP contribution in [0.2, 0.25) is 0 Å². The molecule has 0 bridgehead atoms. The first-order valence-electron chi connectivity index (χ1n) is 9.74. The van der Waals surface area contributed by atoms with Gasteiger partial charge in [-0.05, 0) is 60.1 Å². The molecule has 1 atom stereocenters. The predicted molar refractivity (Wildman–Crippen MR) is 116 cm³/mol. The van der Waals surface area contributed by atoms with Crippen LogP contribution in [0, 0.1) is 17.2 Å². The maximum absolute atomic E-state index is 9.08. The average molecular weight is 381 g/mol. The highest BCUT2D eigenvalue weighted by Crippen LogP contribution is 2.43. The van der Waals surface area contributed by atoms with Gasteiger partial charge in [-0.15, -0.1) is 11.3 Å². The minimum atomic E-state index is 0.675. The molecule has 1 aliphatic carbocycles. The molecule has 28 heavy (non-hydrogen) atoms.